The van der Waals surface area contributed by atoms with Gasteiger partial charge in [-0.05, 0) is 6.42 Å². The summed E-state index contributed by atoms with van der Waals surface area (Å²) in [6, 6.07) is 0. The van der Waals surface area contributed by atoms with Gasteiger partial charge in [0.2, 0.25) is 5.91 Å². The number of ether oxygens (including phenoxy) is 1. The molecule has 0 aromatic rings. The number of aliphatic hydroxyl groups excluding tert-OH is 3. The maximum Gasteiger partial charge on any atom is 0.220 e. The third-order valence-electron chi connectivity index (χ3n) is 2.90. The van der Waals surface area contributed by atoms with Gasteiger partial charge >= 0.3 is 0 Å². The summed E-state index contributed by atoms with van der Waals surface area (Å²) in [5.41, 5.74) is 0. The van der Waals surface area contributed by atoms with Crippen molar-refractivity contribution in [3.63, 3.8) is 0 Å². The summed E-state index contributed by atoms with van der Waals surface area (Å²) in [6.45, 7) is 1.80. The molecule has 0 radical (unpaired) electrons. The Balaban J connectivity index is 2.30. The van der Waals surface area contributed by atoms with Crippen LogP contribution in [0.2, 0.25) is 0 Å². The lowest BCUT2D eigenvalue weighted by molar-refractivity contribution is -0.122. The molecule has 0 aliphatic carbocycles. The normalized spacial score (nSPS) is 32.7. The van der Waals surface area contributed by atoms with E-state index in [1.54, 1.807) is 0 Å². The van der Waals surface area contributed by atoms with E-state index in [2.05, 4.69) is 5.32 Å². The highest BCUT2D eigenvalue weighted by atomic mass is 16.6. The van der Waals surface area contributed by atoms with Crippen LogP contribution >= 0.6 is 0 Å². The number of carbonyl (C=O) groups excluding carboxylic acids is 1. The molecule has 0 spiro atoms. The van der Waals surface area contributed by atoms with Crippen molar-refractivity contribution in [2.45, 2.75) is 50.6 Å². The molecule has 1 saturated heterocycles. The van der Waals surface area contributed by atoms with Crippen LogP contribution in [-0.2, 0) is 9.53 Å². The molecule has 0 unspecified atom stereocenters. The van der Waals surface area contributed by atoms with E-state index in [9.17, 15) is 15.0 Å². The molecule has 100 valence electrons. The average molecular weight is 247 g/mol. The Bertz CT molecular complexity index is 248. The van der Waals surface area contributed by atoms with Gasteiger partial charge in [0, 0.05) is 13.0 Å². The van der Waals surface area contributed by atoms with Crippen LogP contribution in [0.1, 0.15) is 26.2 Å². The Hall–Kier alpha value is -0.690. The first kappa shape index (κ1) is 14.4. The Morgan fingerprint density at radius 2 is 1.94 bits per heavy atom. The van der Waals surface area contributed by atoms with Gasteiger partial charge in [-0.15, -0.1) is 0 Å². The van der Waals surface area contributed by atoms with Crippen molar-refractivity contribution in [3.05, 3.63) is 0 Å². The molecule has 1 aliphatic rings. The third kappa shape index (κ3) is 3.92. The zero-order valence-corrected chi connectivity index (χ0v) is 10.0. The van der Waals surface area contributed by atoms with Gasteiger partial charge in [0.05, 0.1) is 6.61 Å². The zero-order chi connectivity index (χ0) is 12.8. The summed E-state index contributed by atoms with van der Waals surface area (Å²) in [5.74, 6) is -0.0930. The Kier molecular flexibility index (Phi) is 5.84. The highest BCUT2D eigenvalue weighted by Crippen LogP contribution is 2.20. The molecule has 0 aromatic carbocycles. The van der Waals surface area contributed by atoms with Crippen LogP contribution in [0.4, 0.5) is 0 Å². The fourth-order valence-corrected chi connectivity index (χ4v) is 1.79. The molecule has 0 bridgehead atoms. The van der Waals surface area contributed by atoms with E-state index in [-0.39, 0.29) is 19.1 Å². The molecule has 4 N–H and O–H groups in total. The SMILES string of the molecule is CCCCC(=O)NC[C@H]1O[C@H](CO)[C@@H](O)[C@@H]1O. The minimum Gasteiger partial charge on any atom is -0.394 e. The number of hydrogen-bond donors (Lipinski definition) is 4. The van der Waals surface area contributed by atoms with Crippen molar-refractivity contribution in [2.24, 2.45) is 0 Å². The summed E-state index contributed by atoms with van der Waals surface area (Å²) in [7, 11) is 0. The van der Waals surface area contributed by atoms with E-state index >= 15 is 0 Å². The van der Waals surface area contributed by atoms with E-state index in [1.807, 2.05) is 6.92 Å². The Morgan fingerprint density at radius 3 is 2.47 bits per heavy atom. The summed E-state index contributed by atoms with van der Waals surface area (Å²) in [6.07, 6.45) is -1.39. The molecule has 4 atom stereocenters. The molecule has 17 heavy (non-hydrogen) atoms. The number of nitrogens with one attached hydrogen (secondary N) is 1. The quantitative estimate of drug-likeness (QED) is 0.471. The molecule has 0 saturated carbocycles. The second kappa shape index (κ2) is 6.90. The largest absolute Gasteiger partial charge is 0.394 e. The smallest absolute Gasteiger partial charge is 0.220 e. The lowest BCUT2D eigenvalue weighted by Crippen LogP contribution is -2.39. The molecular weight excluding hydrogens is 226 g/mol. The molecule has 1 aliphatic heterocycles. The highest BCUT2D eigenvalue weighted by Gasteiger charge is 2.42. The molecule has 1 amide bonds. The van der Waals surface area contributed by atoms with Crippen LogP contribution in [0.25, 0.3) is 0 Å². The lowest BCUT2D eigenvalue weighted by Gasteiger charge is -2.15. The second-order valence-electron chi connectivity index (χ2n) is 4.28. The van der Waals surface area contributed by atoms with Gasteiger partial charge in [0.25, 0.3) is 0 Å². The summed E-state index contributed by atoms with van der Waals surface area (Å²) < 4.78 is 5.23. The lowest BCUT2D eigenvalue weighted by atomic mass is 10.1. The van der Waals surface area contributed by atoms with Crippen LogP contribution in [-0.4, -0.2) is 58.8 Å². The molecule has 1 heterocycles. The topological polar surface area (TPSA) is 99.0 Å². The molecule has 1 rings (SSSR count). The number of unbranched alkanes of at least 4 members (excludes halogenated alkanes) is 1. The predicted molar refractivity (Wildman–Crippen MR) is 60.3 cm³/mol. The fourth-order valence-electron chi connectivity index (χ4n) is 1.79. The van der Waals surface area contributed by atoms with Crippen LogP contribution < -0.4 is 5.32 Å². The first-order chi connectivity index (χ1) is 8.10. The van der Waals surface area contributed by atoms with Crippen molar-refractivity contribution in [1.82, 2.24) is 5.32 Å². The van der Waals surface area contributed by atoms with E-state index < -0.39 is 24.4 Å². The van der Waals surface area contributed by atoms with Crippen molar-refractivity contribution in [1.29, 1.82) is 0 Å². The number of aliphatic hydroxyl groups is 3. The van der Waals surface area contributed by atoms with Crippen LogP contribution in [0.5, 0.6) is 0 Å². The molecule has 1 fully saturated rings. The van der Waals surface area contributed by atoms with E-state index in [0.29, 0.717) is 6.42 Å². The minimum absolute atomic E-state index is 0.0930. The third-order valence-corrected chi connectivity index (χ3v) is 2.90. The average Bonchev–Trinajstić information content (AvgIpc) is 2.61. The van der Waals surface area contributed by atoms with Crippen molar-refractivity contribution in [3.8, 4) is 0 Å². The van der Waals surface area contributed by atoms with E-state index in [1.165, 1.54) is 0 Å². The standard InChI is InChI=1S/C11H21NO5/c1-2-3-4-9(14)12-5-7-10(15)11(16)8(6-13)17-7/h7-8,10-11,13,15-16H,2-6H2,1H3,(H,12,14)/t7-,8-,10-,11-/m1/s1. The molecule has 6 heteroatoms. The van der Waals surface area contributed by atoms with Gasteiger partial charge < -0.3 is 25.4 Å². The monoisotopic (exact) mass is 247 g/mol. The van der Waals surface area contributed by atoms with Gasteiger partial charge in [-0.25, -0.2) is 0 Å². The van der Waals surface area contributed by atoms with Crippen LogP contribution in [0, 0.1) is 0 Å². The Labute approximate surface area is 101 Å². The maximum absolute atomic E-state index is 11.3. The van der Waals surface area contributed by atoms with Crippen molar-refractivity contribution in [2.75, 3.05) is 13.2 Å². The van der Waals surface area contributed by atoms with Crippen molar-refractivity contribution < 1.29 is 24.9 Å². The number of hydrogen-bond acceptors (Lipinski definition) is 5. The maximum atomic E-state index is 11.3. The van der Waals surface area contributed by atoms with Gasteiger partial charge in [-0.2, -0.15) is 0 Å². The summed E-state index contributed by atoms with van der Waals surface area (Å²) in [4.78, 5) is 11.3. The second-order valence-corrected chi connectivity index (χ2v) is 4.28. The minimum atomic E-state index is -1.10. The number of amides is 1. The summed E-state index contributed by atoms with van der Waals surface area (Å²) in [5, 5.41) is 30.6. The van der Waals surface area contributed by atoms with Crippen molar-refractivity contribution >= 4 is 5.91 Å². The van der Waals surface area contributed by atoms with E-state index in [4.69, 9.17) is 9.84 Å². The molecular formula is C11H21NO5. The number of carbonyl (C=O) groups is 1. The molecule has 6 nitrogen and oxygen atoms in total. The fraction of sp³-hybridized carbons (Fsp3) is 0.909. The first-order valence-electron chi connectivity index (χ1n) is 5.99. The highest BCUT2D eigenvalue weighted by molar-refractivity contribution is 5.75. The molecule has 0 aromatic heterocycles. The van der Waals surface area contributed by atoms with E-state index in [0.717, 1.165) is 12.8 Å². The van der Waals surface area contributed by atoms with Gasteiger partial charge in [0.1, 0.15) is 24.4 Å². The van der Waals surface area contributed by atoms with Gasteiger partial charge in [-0.3, -0.25) is 4.79 Å². The van der Waals surface area contributed by atoms with Gasteiger partial charge in [-0.1, -0.05) is 13.3 Å². The van der Waals surface area contributed by atoms with Gasteiger partial charge in [0.15, 0.2) is 0 Å². The zero-order valence-electron chi connectivity index (χ0n) is 10.0. The number of rotatable bonds is 6. The first-order valence-corrected chi connectivity index (χ1v) is 5.99. The predicted octanol–water partition coefficient (Wildman–Crippen LogP) is -1.23. The van der Waals surface area contributed by atoms with Crippen LogP contribution in [0.15, 0.2) is 0 Å². The Morgan fingerprint density at radius 1 is 1.29 bits per heavy atom. The van der Waals surface area contributed by atoms with Crippen LogP contribution in [0.3, 0.4) is 0 Å². The summed E-state index contributed by atoms with van der Waals surface area (Å²) >= 11 is 0.